The van der Waals surface area contributed by atoms with Crippen LogP contribution in [0.5, 0.6) is 0 Å². The average molecular weight is 267 g/mol. The predicted molar refractivity (Wildman–Crippen MR) is 72.1 cm³/mol. The number of anilines is 1. The number of carbonyl (C=O) groups excluding carboxylic acids is 1. The van der Waals surface area contributed by atoms with Crippen LogP contribution in [0.15, 0.2) is 6.07 Å². The first kappa shape index (κ1) is 13.1. The predicted octanol–water partition coefficient (Wildman–Crippen LogP) is 1.88. The standard InChI is InChI=1S/C12H17N3O2S/c1-8-6-10(13-7-9-4-3-5-18-9)15-11(14-8)12(16)17-2/h6,9H,3-5,7H2,1-2H3,(H,13,14,15). The SMILES string of the molecule is COC(=O)c1nc(C)cc(NCC2CCCS2)n1. The van der Waals surface area contributed by atoms with Crippen molar-refractivity contribution in [1.82, 2.24) is 9.97 Å². The van der Waals surface area contributed by atoms with Gasteiger partial charge >= 0.3 is 5.97 Å². The van der Waals surface area contributed by atoms with E-state index in [0.29, 0.717) is 11.1 Å². The van der Waals surface area contributed by atoms with E-state index >= 15 is 0 Å². The van der Waals surface area contributed by atoms with Crippen molar-refractivity contribution in [1.29, 1.82) is 0 Å². The molecule has 6 heteroatoms. The Bertz CT molecular complexity index is 433. The number of carbonyl (C=O) groups is 1. The van der Waals surface area contributed by atoms with Crippen molar-refractivity contribution >= 4 is 23.5 Å². The quantitative estimate of drug-likeness (QED) is 0.840. The number of nitrogens with one attached hydrogen (secondary N) is 1. The Balaban J connectivity index is 2.02. The van der Waals surface area contributed by atoms with Crippen LogP contribution in [0.4, 0.5) is 5.82 Å². The summed E-state index contributed by atoms with van der Waals surface area (Å²) in [5.41, 5.74) is 0.756. The second kappa shape index (κ2) is 6.04. The molecule has 2 heterocycles. The van der Waals surface area contributed by atoms with E-state index in [-0.39, 0.29) is 5.82 Å². The Labute approximate surface area is 111 Å². The number of hydrogen-bond acceptors (Lipinski definition) is 6. The molecule has 1 saturated heterocycles. The molecule has 0 amide bonds. The van der Waals surface area contributed by atoms with Crippen LogP contribution in [0, 0.1) is 6.92 Å². The third-order valence-electron chi connectivity index (χ3n) is 2.76. The van der Waals surface area contributed by atoms with Crippen molar-refractivity contribution in [2.75, 3.05) is 24.7 Å². The van der Waals surface area contributed by atoms with Gasteiger partial charge in [0.15, 0.2) is 0 Å². The van der Waals surface area contributed by atoms with Crippen LogP contribution < -0.4 is 5.32 Å². The molecule has 0 aliphatic carbocycles. The summed E-state index contributed by atoms with van der Waals surface area (Å²) < 4.78 is 4.63. The highest BCUT2D eigenvalue weighted by molar-refractivity contribution is 8.00. The summed E-state index contributed by atoms with van der Waals surface area (Å²) in [5.74, 6) is 1.54. The molecule has 1 aromatic rings. The molecule has 0 spiro atoms. The highest BCUT2D eigenvalue weighted by Gasteiger charge is 2.16. The second-order valence-electron chi connectivity index (χ2n) is 4.23. The fraction of sp³-hybridized carbons (Fsp3) is 0.583. The van der Waals surface area contributed by atoms with E-state index in [4.69, 9.17) is 0 Å². The first-order chi connectivity index (χ1) is 8.69. The lowest BCUT2D eigenvalue weighted by atomic mass is 10.2. The summed E-state index contributed by atoms with van der Waals surface area (Å²) in [7, 11) is 1.33. The molecule has 0 bridgehead atoms. The molecule has 1 aliphatic heterocycles. The van der Waals surface area contributed by atoms with Gasteiger partial charge in [-0.15, -0.1) is 0 Å². The number of ether oxygens (including phenoxy) is 1. The van der Waals surface area contributed by atoms with Crippen molar-refractivity contribution in [3.8, 4) is 0 Å². The maximum Gasteiger partial charge on any atom is 0.376 e. The zero-order valence-electron chi connectivity index (χ0n) is 10.6. The monoisotopic (exact) mass is 267 g/mol. The first-order valence-corrected chi connectivity index (χ1v) is 7.03. The van der Waals surface area contributed by atoms with E-state index in [1.54, 1.807) is 0 Å². The van der Waals surface area contributed by atoms with Gasteiger partial charge in [0, 0.05) is 23.6 Å². The van der Waals surface area contributed by atoms with Gasteiger partial charge in [0.25, 0.3) is 0 Å². The van der Waals surface area contributed by atoms with Gasteiger partial charge < -0.3 is 10.1 Å². The van der Waals surface area contributed by atoms with Gasteiger partial charge in [-0.1, -0.05) is 0 Å². The van der Waals surface area contributed by atoms with E-state index in [9.17, 15) is 4.79 Å². The number of aromatic nitrogens is 2. The van der Waals surface area contributed by atoms with E-state index in [1.165, 1.54) is 25.7 Å². The summed E-state index contributed by atoms with van der Waals surface area (Å²) in [6.07, 6.45) is 2.53. The number of esters is 1. The largest absolute Gasteiger partial charge is 0.463 e. The van der Waals surface area contributed by atoms with E-state index < -0.39 is 5.97 Å². The molecular weight excluding hydrogens is 250 g/mol. The normalized spacial score (nSPS) is 18.7. The van der Waals surface area contributed by atoms with Crippen molar-refractivity contribution < 1.29 is 9.53 Å². The zero-order valence-corrected chi connectivity index (χ0v) is 11.4. The third kappa shape index (κ3) is 3.35. The summed E-state index contributed by atoms with van der Waals surface area (Å²) >= 11 is 1.98. The van der Waals surface area contributed by atoms with Crippen molar-refractivity contribution in [2.24, 2.45) is 0 Å². The molecule has 18 heavy (non-hydrogen) atoms. The smallest absolute Gasteiger partial charge is 0.376 e. The van der Waals surface area contributed by atoms with Crippen LogP contribution in [0.25, 0.3) is 0 Å². The molecule has 1 unspecified atom stereocenters. The Kier molecular flexibility index (Phi) is 4.41. The molecule has 5 nitrogen and oxygen atoms in total. The van der Waals surface area contributed by atoms with Gasteiger partial charge in [-0.2, -0.15) is 11.8 Å². The van der Waals surface area contributed by atoms with E-state index in [2.05, 4.69) is 20.0 Å². The molecule has 0 radical (unpaired) electrons. The van der Waals surface area contributed by atoms with E-state index in [1.807, 2.05) is 24.8 Å². The van der Waals surface area contributed by atoms with Gasteiger partial charge in [-0.05, 0) is 25.5 Å². The molecule has 98 valence electrons. The minimum atomic E-state index is -0.503. The average Bonchev–Trinajstić information content (AvgIpc) is 2.88. The summed E-state index contributed by atoms with van der Waals surface area (Å²) in [6, 6.07) is 1.84. The van der Waals surface area contributed by atoms with Crippen LogP contribution in [-0.2, 0) is 4.74 Å². The molecule has 1 aromatic heterocycles. The van der Waals surface area contributed by atoms with Crippen molar-refractivity contribution in [2.45, 2.75) is 25.0 Å². The fourth-order valence-corrected chi connectivity index (χ4v) is 3.07. The van der Waals surface area contributed by atoms with Gasteiger partial charge in [0.2, 0.25) is 5.82 Å². The highest BCUT2D eigenvalue weighted by atomic mass is 32.2. The van der Waals surface area contributed by atoms with Gasteiger partial charge in [0.1, 0.15) is 5.82 Å². The van der Waals surface area contributed by atoms with Gasteiger partial charge in [0.05, 0.1) is 7.11 Å². The molecule has 1 atom stereocenters. The number of hydrogen-bond donors (Lipinski definition) is 1. The molecule has 1 N–H and O–H groups in total. The van der Waals surface area contributed by atoms with Crippen LogP contribution >= 0.6 is 11.8 Å². The first-order valence-electron chi connectivity index (χ1n) is 5.98. The minimum absolute atomic E-state index is 0.110. The number of methoxy groups -OCH3 is 1. The summed E-state index contributed by atoms with van der Waals surface area (Å²) in [4.78, 5) is 19.6. The fourth-order valence-electron chi connectivity index (χ4n) is 1.87. The maximum absolute atomic E-state index is 11.4. The van der Waals surface area contributed by atoms with Crippen LogP contribution in [0.3, 0.4) is 0 Å². The van der Waals surface area contributed by atoms with Crippen molar-refractivity contribution in [3.05, 3.63) is 17.6 Å². The number of thioether (sulfide) groups is 1. The Hall–Kier alpha value is -1.30. The van der Waals surface area contributed by atoms with Gasteiger partial charge in [-0.25, -0.2) is 14.8 Å². The Morgan fingerprint density at radius 1 is 1.61 bits per heavy atom. The second-order valence-corrected chi connectivity index (χ2v) is 5.63. The Morgan fingerprint density at radius 3 is 3.11 bits per heavy atom. The van der Waals surface area contributed by atoms with Crippen LogP contribution in [0.2, 0.25) is 0 Å². The molecule has 0 aromatic carbocycles. The zero-order chi connectivity index (χ0) is 13.0. The Morgan fingerprint density at radius 2 is 2.44 bits per heavy atom. The molecule has 0 saturated carbocycles. The lowest BCUT2D eigenvalue weighted by Crippen LogP contribution is -2.16. The number of nitrogens with zero attached hydrogens (tertiary/aromatic N) is 2. The molecule has 1 fully saturated rings. The van der Waals surface area contributed by atoms with Crippen molar-refractivity contribution in [3.63, 3.8) is 0 Å². The van der Waals surface area contributed by atoms with Gasteiger partial charge in [-0.3, -0.25) is 0 Å². The molecular formula is C12H17N3O2S. The van der Waals surface area contributed by atoms with Crippen LogP contribution in [-0.4, -0.2) is 40.6 Å². The minimum Gasteiger partial charge on any atom is -0.463 e. The summed E-state index contributed by atoms with van der Waals surface area (Å²) in [5, 5.41) is 3.91. The van der Waals surface area contributed by atoms with Crippen LogP contribution in [0.1, 0.15) is 29.2 Å². The number of aryl methyl sites for hydroxylation is 1. The van der Waals surface area contributed by atoms with E-state index in [0.717, 1.165) is 12.2 Å². The molecule has 2 rings (SSSR count). The highest BCUT2D eigenvalue weighted by Crippen LogP contribution is 2.26. The topological polar surface area (TPSA) is 64.1 Å². The lowest BCUT2D eigenvalue weighted by molar-refractivity contribution is 0.0586. The number of rotatable bonds is 4. The molecule has 1 aliphatic rings. The lowest BCUT2D eigenvalue weighted by Gasteiger charge is -2.11. The third-order valence-corrected chi connectivity index (χ3v) is 4.16. The maximum atomic E-state index is 11.4. The summed E-state index contributed by atoms with van der Waals surface area (Å²) in [6.45, 7) is 2.71.